The van der Waals surface area contributed by atoms with Gasteiger partial charge in [-0.2, -0.15) is 0 Å². The normalized spacial score (nSPS) is 18.2. The van der Waals surface area contributed by atoms with Crippen molar-refractivity contribution in [1.82, 2.24) is 5.32 Å². The maximum atomic E-state index is 6.27. The smallest absolute Gasteiger partial charge is 0.0453 e. The van der Waals surface area contributed by atoms with Crippen LogP contribution in [0.15, 0.2) is 18.2 Å². The summed E-state index contributed by atoms with van der Waals surface area (Å²) in [5.41, 5.74) is 1.10. The van der Waals surface area contributed by atoms with E-state index in [-0.39, 0.29) is 0 Å². The predicted molar refractivity (Wildman–Crippen MR) is 79.6 cm³/mol. The molecule has 0 spiro atoms. The second-order valence-corrected chi connectivity index (χ2v) is 5.93. The Bertz CT molecular complexity index is 366. The number of likely N-dealkylation sites (N-methyl/N-ethyl adjacent to an activating group) is 1. The largest absolute Gasteiger partial charge is 0.314 e. The van der Waals surface area contributed by atoms with Crippen molar-refractivity contribution in [2.24, 2.45) is 5.92 Å². The Morgan fingerprint density at radius 3 is 2.39 bits per heavy atom. The Labute approximate surface area is 120 Å². The van der Waals surface area contributed by atoms with Crippen LogP contribution in [0, 0.1) is 5.92 Å². The SMILES string of the molecule is CCNC(Cc1c(Cl)cccc1Cl)C1CCCC1. The molecular formula is C15H21Cl2N. The van der Waals surface area contributed by atoms with Gasteiger partial charge in [-0.25, -0.2) is 0 Å². The lowest BCUT2D eigenvalue weighted by Gasteiger charge is -2.25. The molecule has 1 aliphatic carbocycles. The highest BCUT2D eigenvalue weighted by atomic mass is 35.5. The average molecular weight is 286 g/mol. The minimum Gasteiger partial charge on any atom is -0.314 e. The summed E-state index contributed by atoms with van der Waals surface area (Å²) in [5.74, 6) is 0.775. The number of rotatable bonds is 5. The van der Waals surface area contributed by atoms with Crippen LogP contribution in [0.5, 0.6) is 0 Å². The van der Waals surface area contributed by atoms with Gasteiger partial charge in [0, 0.05) is 16.1 Å². The molecule has 2 rings (SSSR count). The molecule has 0 bridgehead atoms. The van der Waals surface area contributed by atoms with Crippen LogP contribution in [0.2, 0.25) is 10.0 Å². The lowest BCUT2D eigenvalue weighted by Crippen LogP contribution is -2.37. The van der Waals surface area contributed by atoms with Gasteiger partial charge in [-0.15, -0.1) is 0 Å². The molecule has 0 radical (unpaired) electrons. The summed E-state index contributed by atoms with van der Waals surface area (Å²) >= 11 is 12.5. The van der Waals surface area contributed by atoms with E-state index in [4.69, 9.17) is 23.2 Å². The molecule has 0 aliphatic heterocycles. The Hall–Kier alpha value is -0.240. The molecule has 1 unspecified atom stereocenters. The molecule has 0 saturated heterocycles. The Morgan fingerprint density at radius 1 is 1.22 bits per heavy atom. The first-order chi connectivity index (χ1) is 8.72. The molecule has 0 amide bonds. The van der Waals surface area contributed by atoms with Crippen molar-refractivity contribution < 1.29 is 0 Å². The lowest BCUT2D eigenvalue weighted by molar-refractivity contribution is 0.362. The van der Waals surface area contributed by atoms with E-state index in [9.17, 15) is 0 Å². The molecule has 1 saturated carbocycles. The van der Waals surface area contributed by atoms with E-state index in [0.29, 0.717) is 6.04 Å². The number of benzene rings is 1. The van der Waals surface area contributed by atoms with E-state index in [1.807, 2.05) is 18.2 Å². The first-order valence-electron chi connectivity index (χ1n) is 6.88. The third-order valence-electron chi connectivity index (χ3n) is 3.92. The fourth-order valence-corrected chi connectivity index (χ4v) is 3.53. The fraction of sp³-hybridized carbons (Fsp3) is 0.600. The van der Waals surface area contributed by atoms with Gasteiger partial charge in [-0.1, -0.05) is 49.0 Å². The van der Waals surface area contributed by atoms with Gasteiger partial charge in [-0.05, 0) is 49.4 Å². The van der Waals surface area contributed by atoms with Gasteiger partial charge in [0.2, 0.25) is 0 Å². The monoisotopic (exact) mass is 285 g/mol. The zero-order valence-electron chi connectivity index (χ0n) is 10.9. The van der Waals surface area contributed by atoms with Crippen molar-refractivity contribution in [3.63, 3.8) is 0 Å². The van der Waals surface area contributed by atoms with Crippen LogP contribution >= 0.6 is 23.2 Å². The maximum Gasteiger partial charge on any atom is 0.0453 e. The molecule has 1 N–H and O–H groups in total. The van der Waals surface area contributed by atoms with E-state index in [2.05, 4.69) is 12.2 Å². The summed E-state index contributed by atoms with van der Waals surface area (Å²) in [6, 6.07) is 6.28. The Kier molecular flexibility index (Phi) is 5.35. The summed E-state index contributed by atoms with van der Waals surface area (Å²) in [5, 5.41) is 5.20. The number of hydrogen-bond donors (Lipinski definition) is 1. The standard InChI is InChI=1S/C15H21Cl2N/c1-2-18-15(11-6-3-4-7-11)10-12-13(16)8-5-9-14(12)17/h5,8-9,11,15,18H,2-4,6-7,10H2,1H3. The molecule has 1 aliphatic rings. The number of halogens is 2. The van der Waals surface area contributed by atoms with Gasteiger partial charge < -0.3 is 5.32 Å². The zero-order valence-corrected chi connectivity index (χ0v) is 12.4. The third kappa shape index (κ3) is 3.40. The number of nitrogens with one attached hydrogen (secondary N) is 1. The van der Waals surface area contributed by atoms with E-state index < -0.39 is 0 Å². The fourth-order valence-electron chi connectivity index (χ4n) is 2.97. The summed E-state index contributed by atoms with van der Waals surface area (Å²) < 4.78 is 0. The van der Waals surface area contributed by atoms with Crippen molar-refractivity contribution in [2.45, 2.75) is 45.1 Å². The molecule has 0 heterocycles. The maximum absolute atomic E-state index is 6.27. The highest BCUT2D eigenvalue weighted by Gasteiger charge is 2.25. The molecule has 18 heavy (non-hydrogen) atoms. The van der Waals surface area contributed by atoms with Crippen molar-refractivity contribution in [3.8, 4) is 0 Å². The van der Waals surface area contributed by atoms with Gasteiger partial charge in [-0.3, -0.25) is 0 Å². The van der Waals surface area contributed by atoms with Crippen LogP contribution in [-0.4, -0.2) is 12.6 Å². The van der Waals surface area contributed by atoms with Crippen molar-refractivity contribution in [2.75, 3.05) is 6.54 Å². The van der Waals surface area contributed by atoms with Crippen molar-refractivity contribution >= 4 is 23.2 Å². The summed E-state index contributed by atoms with van der Waals surface area (Å²) in [4.78, 5) is 0. The molecule has 1 aromatic rings. The molecule has 1 nitrogen and oxygen atoms in total. The Balaban J connectivity index is 2.12. The average Bonchev–Trinajstić information content (AvgIpc) is 2.86. The van der Waals surface area contributed by atoms with Gasteiger partial charge >= 0.3 is 0 Å². The Morgan fingerprint density at radius 2 is 1.83 bits per heavy atom. The van der Waals surface area contributed by atoms with Crippen LogP contribution in [0.25, 0.3) is 0 Å². The summed E-state index contributed by atoms with van der Waals surface area (Å²) in [7, 11) is 0. The molecular weight excluding hydrogens is 265 g/mol. The topological polar surface area (TPSA) is 12.0 Å². The van der Waals surface area contributed by atoms with Gasteiger partial charge in [0.1, 0.15) is 0 Å². The van der Waals surface area contributed by atoms with Gasteiger partial charge in [0.05, 0.1) is 0 Å². The van der Waals surface area contributed by atoms with E-state index in [1.54, 1.807) is 0 Å². The second kappa shape index (κ2) is 6.79. The van der Waals surface area contributed by atoms with E-state index >= 15 is 0 Å². The first-order valence-corrected chi connectivity index (χ1v) is 7.64. The number of hydrogen-bond acceptors (Lipinski definition) is 1. The highest BCUT2D eigenvalue weighted by molar-refractivity contribution is 6.36. The third-order valence-corrected chi connectivity index (χ3v) is 4.63. The van der Waals surface area contributed by atoms with Crippen LogP contribution in [-0.2, 0) is 6.42 Å². The molecule has 100 valence electrons. The van der Waals surface area contributed by atoms with Crippen molar-refractivity contribution in [3.05, 3.63) is 33.8 Å². The second-order valence-electron chi connectivity index (χ2n) is 5.11. The molecule has 0 aromatic heterocycles. The van der Waals surface area contributed by atoms with Crippen LogP contribution < -0.4 is 5.32 Å². The lowest BCUT2D eigenvalue weighted by atomic mass is 9.92. The molecule has 1 fully saturated rings. The predicted octanol–water partition coefficient (Wildman–Crippen LogP) is 4.70. The van der Waals surface area contributed by atoms with Gasteiger partial charge in [0.15, 0.2) is 0 Å². The summed E-state index contributed by atoms with van der Waals surface area (Å²) in [6.07, 6.45) is 6.34. The van der Waals surface area contributed by atoms with Crippen molar-refractivity contribution in [1.29, 1.82) is 0 Å². The summed E-state index contributed by atoms with van der Waals surface area (Å²) in [6.45, 7) is 3.17. The van der Waals surface area contributed by atoms with Crippen LogP contribution in [0.3, 0.4) is 0 Å². The highest BCUT2D eigenvalue weighted by Crippen LogP contribution is 2.32. The van der Waals surface area contributed by atoms with E-state index in [0.717, 1.165) is 34.5 Å². The minimum atomic E-state index is 0.509. The van der Waals surface area contributed by atoms with E-state index in [1.165, 1.54) is 25.7 Å². The minimum absolute atomic E-state index is 0.509. The quantitative estimate of drug-likeness (QED) is 0.827. The first kappa shape index (κ1) is 14.2. The molecule has 1 aromatic carbocycles. The molecule has 3 heteroatoms. The zero-order chi connectivity index (χ0) is 13.0. The van der Waals surface area contributed by atoms with Crippen LogP contribution in [0.1, 0.15) is 38.2 Å². The van der Waals surface area contributed by atoms with Gasteiger partial charge in [0.25, 0.3) is 0 Å². The van der Waals surface area contributed by atoms with Crippen LogP contribution in [0.4, 0.5) is 0 Å². The molecule has 1 atom stereocenters.